The van der Waals surface area contributed by atoms with Crippen molar-refractivity contribution in [3.05, 3.63) is 52.1 Å². The molecule has 3 aromatic rings. The number of fused-ring (bicyclic) bond motifs is 1. The second-order valence-corrected chi connectivity index (χ2v) is 6.75. The zero-order chi connectivity index (χ0) is 22.1. The van der Waals surface area contributed by atoms with E-state index in [9.17, 15) is 14.9 Å². The number of hydrogen-bond donors (Lipinski definition) is 2. The molecular formula is C19H24N6O4S. The highest BCUT2D eigenvalue weighted by Gasteiger charge is 2.21. The van der Waals surface area contributed by atoms with Crippen molar-refractivity contribution >= 4 is 40.3 Å². The monoisotopic (exact) mass is 432 g/mol. The first kappa shape index (κ1) is 23.1. The Morgan fingerprint density at radius 3 is 2.50 bits per heavy atom. The molecule has 0 aliphatic heterocycles. The number of likely N-dealkylation sites (N-methyl/N-ethyl adjacent to an activating group) is 1. The standard InChI is InChI=1S/C17H18N6O4S.C2H6/c1-22(13-6-7-14(23(25)26)17-16(13)20-27-21-17)10-15(24)19-9-8-11-2-4-12(28-18)5-3-11;1-2/h2-7H,8-10,18H2,1H3,(H,19,24);1-2H3. The molecule has 0 aliphatic carbocycles. The van der Waals surface area contributed by atoms with Gasteiger partial charge >= 0.3 is 5.69 Å². The third kappa shape index (κ3) is 5.67. The van der Waals surface area contributed by atoms with Crippen molar-refractivity contribution in [3.63, 3.8) is 0 Å². The van der Waals surface area contributed by atoms with Gasteiger partial charge in [-0.15, -0.1) is 0 Å². The average molecular weight is 433 g/mol. The third-order valence-electron chi connectivity index (χ3n) is 4.16. The molecule has 0 radical (unpaired) electrons. The summed E-state index contributed by atoms with van der Waals surface area (Å²) in [6.07, 6.45) is 0.694. The van der Waals surface area contributed by atoms with Gasteiger partial charge in [0.1, 0.15) is 0 Å². The molecule has 0 fully saturated rings. The Balaban J connectivity index is 0.00000155. The van der Waals surface area contributed by atoms with E-state index in [2.05, 4.69) is 20.3 Å². The predicted octanol–water partition coefficient (Wildman–Crippen LogP) is 2.92. The number of aromatic nitrogens is 2. The van der Waals surface area contributed by atoms with E-state index in [1.54, 1.807) is 11.9 Å². The highest BCUT2D eigenvalue weighted by Crippen LogP contribution is 2.30. The Bertz CT molecular complexity index is 992. The van der Waals surface area contributed by atoms with Gasteiger partial charge in [0.15, 0.2) is 5.52 Å². The van der Waals surface area contributed by atoms with E-state index in [1.165, 1.54) is 24.1 Å². The number of nitro benzene ring substituents is 1. The maximum absolute atomic E-state index is 12.2. The number of anilines is 1. The van der Waals surface area contributed by atoms with Crippen molar-refractivity contribution in [1.82, 2.24) is 15.6 Å². The normalized spacial score (nSPS) is 10.3. The van der Waals surface area contributed by atoms with Crippen LogP contribution in [0.3, 0.4) is 0 Å². The Morgan fingerprint density at radius 2 is 1.87 bits per heavy atom. The van der Waals surface area contributed by atoms with E-state index in [0.717, 1.165) is 10.5 Å². The van der Waals surface area contributed by atoms with Gasteiger partial charge in [0.25, 0.3) is 0 Å². The number of non-ortho nitro benzene ring substituents is 1. The second kappa shape index (κ2) is 11.1. The predicted molar refractivity (Wildman–Crippen MR) is 116 cm³/mol. The van der Waals surface area contributed by atoms with E-state index in [4.69, 9.17) is 5.14 Å². The number of nitro groups is 1. The number of nitrogens with two attached hydrogens (primary N) is 1. The van der Waals surface area contributed by atoms with Crippen molar-refractivity contribution in [2.45, 2.75) is 25.2 Å². The zero-order valence-electron chi connectivity index (χ0n) is 17.0. The molecule has 11 heteroatoms. The summed E-state index contributed by atoms with van der Waals surface area (Å²) in [4.78, 5) is 25.3. The molecule has 1 heterocycles. The van der Waals surface area contributed by atoms with E-state index in [-0.39, 0.29) is 29.2 Å². The molecular weight excluding hydrogens is 408 g/mol. The van der Waals surface area contributed by atoms with E-state index < -0.39 is 4.92 Å². The molecule has 0 unspecified atom stereocenters. The van der Waals surface area contributed by atoms with Crippen LogP contribution < -0.4 is 15.4 Å². The minimum absolute atomic E-state index is 0.0499. The van der Waals surface area contributed by atoms with Crippen molar-refractivity contribution in [1.29, 1.82) is 0 Å². The molecule has 0 aliphatic rings. The Labute approximate surface area is 178 Å². The molecule has 0 spiro atoms. The van der Waals surface area contributed by atoms with E-state index in [0.29, 0.717) is 18.7 Å². The van der Waals surface area contributed by atoms with Crippen LogP contribution >= 0.6 is 11.9 Å². The smallest absolute Gasteiger partial charge is 0.300 e. The molecule has 10 nitrogen and oxygen atoms in total. The van der Waals surface area contributed by atoms with Crippen LogP contribution in [0.25, 0.3) is 11.0 Å². The van der Waals surface area contributed by atoms with Crippen LogP contribution in [-0.2, 0) is 11.2 Å². The minimum atomic E-state index is -0.554. The van der Waals surface area contributed by atoms with Crippen molar-refractivity contribution < 1.29 is 14.3 Å². The van der Waals surface area contributed by atoms with Gasteiger partial charge in [-0.25, -0.2) is 4.63 Å². The number of carbonyl (C=O) groups is 1. The number of rotatable bonds is 8. The number of nitrogens with one attached hydrogen (secondary N) is 1. The summed E-state index contributed by atoms with van der Waals surface area (Å²) >= 11 is 1.19. The van der Waals surface area contributed by atoms with Gasteiger partial charge in [0.2, 0.25) is 11.4 Å². The lowest BCUT2D eigenvalue weighted by atomic mass is 10.1. The Hall–Kier alpha value is -3.18. The molecule has 0 saturated carbocycles. The fourth-order valence-electron chi connectivity index (χ4n) is 2.73. The highest BCUT2D eigenvalue weighted by atomic mass is 32.2. The molecule has 1 amide bonds. The first-order chi connectivity index (χ1) is 14.5. The van der Waals surface area contributed by atoms with Crippen LogP contribution in [-0.4, -0.2) is 41.3 Å². The van der Waals surface area contributed by atoms with E-state index >= 15 is 0 Å². The van der Waals surface area contributed by atoms with Crippen LogP contribution in [0.2, 0.25) is 0 Å². The van der Waals surface area contributed by atoms with Crippen LogP contribution in [0.5, 0.6) is 0 Å². The Morgan fingerprint density at radius 1 is 1.20 bits per heavy atom. The first-order valence-corrected chi connectivity index (χ1v) is 10.2. The second-order valence-electron chi connectivity index (χ2n) is 6.04. The van der Waals surface area contributed by atoms with Gasteiger partial charge in [0.05, 0.1) is 17.2 Å². The summed E-state index contributed by atoms with van der Waals surface area (Å²) in [6, 6.07) is 10.6. The number of benzene rings is 2. The maximum atomic E-state index is 12.2. The topological polar surface area (TPSA) is 140 Å². The quantitative estimate of drug-likeness (QED) is 0.312. The zero-order valence-corrected chi connectivity index (χ0v) is 17.8. The molecule has 2 aromatic carbocycles. The van der Waals surface area contributed by atoms with Crippen molar-refractivity contribution in [2.24, 2.45) is 5.14 Å². The van der Waals surface area contributed by atoms with Crippen LogP contribution in [0.1, 0.15) is 19.4 Å². The molecule has 30 heavy (non-hydrogen) atoms. The molecule has 0 saturated heterocycles. The van der Waals surface area contributed by atoms with Crippen molar-refractivity contribution in [2.75, 3.05) is 25.0 Å². The number of amides is 1. The third-order valence-corrected chi connectivity index (χ3v) is 4.70. The minimum Gasteiger partial charge on any atom is -0.363 e. The largest absolute Gasteiger partial charge is 0.363 e. The lowest BCUT2D eigenvalue weighted by Gasteiger charge is -2.18. The molecule has 3 rings (SSSR count). The lowest BCUT2D eigenvalue weighted by Crippen LogP contribution is -2.36. The van der Waals surface area contributed by atoms with E-state index in [1.807, 2.05) is 38.1 Å². The van der Waals surface area contributed by atoms with Crippen LogP contribution in [0.4, 0.5) is 11.4 Å². The summed E-state index contributed by atoms with van der Waals surface area (Å²) in [6.45, 7) is 4.55. The molecule has 0 atom stereocenters. The fourth-order valence-corrected chi connectivity index (χ4v) is 3.03. The SMILES string of the molecule is CC.CN(CC(=O)NCCc1ccc(SN)cc1)c1ccc([N+](=O)[O-])c2nonc12. The highest BCUT2D eigenvalue weighted by molar-refractivity contribution is 7.97. The molecule has 3 N–H and O–H groups in total. The molecule has 0 bridgehead atoms. The number of carbonyl (C=O) groups excluding carboxylic acids is 1. The Kier molecular flexibility index (Phi) is 8.56. The van der Waals surface area contributed by atoms with Crippen LogP contribution in [0.15, 0.2) is 45.9 Å². The molecule has 160 valence electrons. The summed E-state index contributed by atoms with van der Waals surface area (Å²) in [5.41, 5.74) is 1.71. The number of nitrogens with zero attached hydrogens (tertiary/aromatic N) is 4. The van der Waals surface area contributed by atoms with Crippen molar-refractivity contribution in [3.8, 4) is 0 Å². The maximum Gasteiger partial charge on any atom is 0.300 e. The average Bonchev–Trinajstić information content (AvgIpc) is 3.24. The fraction of sp³-hybridized carbons (Fsp3) is 0.316. The number of hydrogen-bond acceptors (Lipinski definition) is 9. The van der Waals surface area contributed by atoms with Gasteiger partial charge in [-0.3, -0.25) is 20.0 Å². The summed E-state index contributed by atoms with van der Waals surface area (Å²) < 4.78 is 4.64. The van der Waals surface area contributed by atoms with Crippen LogP contribution in [0, 0.1) is 10.1 Å². The first-order valence-electron chi connectivity index (χ1n) is 9.32. The van der Waals surface area contributed by atoms with Gasteiger partial charge in [-0.2, -0.15) is 0 Å². The summed E-state index contributed by atoms with van der Waals surface area (Å²) in [7, 11) is 1.69. The van der Waals surface area contributed by atoms with Gasteiger partial charge in [-0.05, 0) is 52.4 Å². The summed E-state index contributed by atoms with van der Waals surface area (Å²) in [5, 5.41) is 26.7. The molecule has 1 aromatic heterocycles. The summed E-state index contributed by atoms with van der Waals surface area (Å²) in [5.74, 6) is -0.181. The van der Waals surface area contributed by atoms with Gasteiger partial charge in [-0.1, -0.05) is 26.0 Å². The van der Waals surface area contributed by atoms with Gasteiger partial charge in [0, 0.05) is 24.6 Å². The lowest BCUT2D eigenvalue weighted by molar-refractivity contribution is -0.383. The van der Waals surface area contributed by atoms with Gasteiger partial charge < -0.3 is 10.2 Å².